The van der Waals surface area contributed by atoms with Gasteiger partial charge in [0.15, 0.2) is 0 Å². The number of rotatable bonds is 6. The molecule has 0 aliphatic rings. The molecule has 4 heteroatoms. The van der Waals surface area contributed by atoms with Crippen LogP contribution in [0.5, 0.6) is 0 Å². The summed E-state index contributed by atoms with van der Waals surface area (Å²) in [6.45, 7) is 0. The third-order valence-electron chi connectivity index (χ3n) is 5.57. The van der Waals surface area contributed by atoms with Crippen LogP contribution in [0.2, 0.25) is 0 Å². The summed E-state index contributed by atoms with van der Waals surface area (Å²) in [5.74, 6) is 0. The first-order valence-corrected chi connectivity index (χ1v) is 10.7. The molecule has 0 radical (unpaired) electrons. The molecule has 5 aromatic rings. The van der Waals surface area contributed by atoms with Crippen LogP contribution in [-0.4, -0.2) is 16.3 Å². The zero-order valence-electron chi connectivity index (χ0n) is 17.9. The van der Waals surface area contributed by atoms with Gasteiger partial charge in [-0.3, -0.25) is 14.8 Å². The maximum absolute atomic E-state index is 11.1. The molecule has 158 valence electrons. The summed E-state index contributed by atoms with van der Waals surface area (Å²) >= 11 is 0. The number of anilines is 3. The first kappa shape index (κ1) is 20.3. The molecule has 0 spiro atoms. The molecule has 0 fully saturated rings. The normalized spacial score (nSPS) is 10.5. The number of hydrogen-bond acceptors (Lipinski definition) is 4. The fourth-order valence-corrected chi connectivity index (χ4v) is 3.84. The van der Waals surface area contributed by atoms with E-state index in [2.05, 4.69) is 63.4 Å². The van der Waals surface area contributed by atoms with Gasteiger partial charge in [-0.2, -0.15) is 0 Å². The molecule has 0 saturated carbocycles. The third kappa shape index (κ3) is 4.41. The quantitative estimate of drug-likeness (QED) is 0.271. The molecule has 0 saturated heterocycles. The van der Waals surface area contributed by atoms with Crippen LogP contribution in [-0.2, 0) is 0 Å². The summed E-state index contributed by atoms with van der Waals surface area (Å²) in [6.07, 6.45) is 8.06. The van der Waals surface area contributed by atoms with E-state index in [0.29, 0.717) is 5.56 Å². The van der Waals surface area contributed by atoms with Gasteiger partial charge in [0, 0.05) is 47.4 Å². The van der Waals surface area contributed by atoms with Crippen LogP contribution in [0.25, 0.3) is 22.3 Å². The van der Waals surface area contributed by atoms with Gasteiger partial charge in [0.05, 0.1) is 0 Å². The number of pyridine rings is 2. The maximum Gasteiger partial charge on any atom is 0.150 e. The van der Waals surface area contributed by atoms with Crippen molar-refractivity contribution in [2.45, 2.75) is 0 Å². The van der Waals surface area contributed by atoms with Crippen molar-refractivity contribution < 1.29 is 4.79 Å². The van der Waals surface area contributed by atoms with Gasteiger partial charge in [-0.05, 0) is 95.1 Å². The van der Waals surface area contributed by atoms with Crippen LogP contribution in [0.1, 0.15) is 10.4 Å². The van der Waals surface area contributed by atoms with Crippen molar-refractivity contribution in [2.24, 2.45) is 0 Å². The smallest absolute Gasteiger partial charge is 0.150 e. The van der Waals surface area contributed by atoms with Crippen LogP contribution < -0.4 is 4.90 Å². The van der Waals surface area contributed by atoms with E-state index in [-0.39, 0.29) is 0 Å². The zero-order chi connectivity index (χ0) is 22.5. The topological polar surface area (TPSA) is 46.1 Å². The Morgan fingerprint density at radius 2 is 0.788 bits per heavy atom. The number of hydrogen-bond donors (Lipinski definition) is 0. The standard InChI is InChI=1S/C29H21N3O/c33-21-22-1-7-27(8-2-22)32(28-9-3-23(4-10-28)25-13-17-30-18-14-25)29-11-5-24(6-12-29)26-15-19-31-20-16-26/h1-21H. The molecule has 0 unspecified atom stereocenters. The largest absolute Gasteiger partial charge is 0.311 e. The van der Waals surface area contributed by atoms with E-state index in [1.165, 1.54) is 0 Å². The molecule has 0 aliphatic heterocycles. The van der Waals surface area contributed by atoms with E-state index in [4.69, 9.17) is 0 Å². The summed E-state index contributed by atoms with van der Waals surface area (Å²) in [6, 6.07) is 32.5. The van der Waals surface area contributed by atoms with E-state index >= 15 is 0 Å². The van der Waals surface area contributed by atoms with Crippen LogP contribution in [0, 0.1) is 0 Å². The Balaban J connectivity index is 1.54. The van der Waals surface area contributed by atoms with E-state index in [1.807, 2.05) is 48.5 Å². The predicted octanol–water partition coefficient (Wildman–Crippen LogP) is 7.09. The number of aldehydes is 1. The number of carbonyl (C=O) groups is 1. The Hall–Kier alpha value is -4.57. The van der Waals surface area contributed by atoms with Gasteiger partial charge < -0.3 is 4.90 Å². The Morgan fingerprint density at radius 3 is 1.15 bits per heavy atom. The lowest BCUT2D eigenvalue weighted by Gasteiger charge is -2.26. The molecule has 3 aromatic carbocycles. The molecule has 33 heavy (non-hydrogen) atoms. The Morgan fingerprint density at radius 1 is 0.455 bits per heavy atom. The average molecular weight is 428 g/mol. The third-order valence-corrected chi connectivity index (χ3v) is 5.57. The van der Waals surface area contributed by atoms with Crippen LogP contribution >= 0.6 is 0 Å². The minimum Gasteiger partial charge on any atom is -0.311 e. The maximum atomic E-state index is 11.1. The molecule has 5 rings (SSSR count). The molecule has 0 atom stereocenters. The highest BCUT2D eigenvalue weighted by atomic mass is 16.1. The molecule has 0 N–H and O–H groups in total. The zero-order valence-corrected chi connectivity index (χ0v) is 17.9. The highest BCUT2D eigenvalue weighted by Gasteiger charge is 2.13. The average Bonchev–Trinajstić information content (AvgIpc) is 2.91. The van der Waals surface area contributed by atoms with E-state index in [0.717, 1.165) is 45.6 Å². The second-order valence-electron chi connectivity index (χ2n) is 7.61. The van der Waals surface area contributed by atoms with Crippen molar-refractivity contribution in [2.75, 3.05) is 4.90 Å². The lowest BCUT2D eigenvalue weighted by Crippen LogP contribution is -2.09. The monoisotopic (exact) mass is 427 g/mol. The minimum atomic E-state index is 0.653. The highest BCUT2D eigenvalue weighted by molar-refractivity contribution is 5.82. The molecule has 2 heterocycles. The second-order valence-corrected chi connectivity index (χ2v) is 7.61. The van der Waals surface area contributed by atoms with Crippen LogP contribution in [0.15, 0.2) is 122 Å². The first-order chi connectivity index (χ1) is 16.3. The summed E-state index contributed by atoms with van der Waals surface area (Å²) in [5.41, 5.74) is 8.21. The summed E-state index contributed by atoms with van der Waals surface area (Å²) < 4.78 is 0. The van der Waals surface area contributed by atoms with Gasteiger partial charge in [-0.1, -0.05) is 24.3 Å². The fraction of sp³-hybridized carbons (Fsp3) is 0. The molecule has 4 nitrogen and oxygen atoms in total. The first-order valence-electron chi connectivity index (χ1n) is 10.7. The number of nitrogens with zero attached hydrogens (tertiary/aromatic N) is 3. The van der Waals surface area contributed by atoms with Gasteiger partial charge in [0.1, 0.15) is 6.29 Å². The molecular weight excluding hydrogens is 406 g/mol. The molecular formula is C29H21N3O. The summed E-state index contributed by atoms with van der Waals surface area (Å²) in [5, 5.41) is 0. The van der Waals surface area contributed by atoms with Crippen molar-refractivity contribution in [3.63, 3.8) is 0 Å². The van der Waals surface area contributed by atoms with E-state index in [1.54, 1.807) is 24.8 Å². The molecule has 0 amide bonds. The number of carbonyl (C=O) groups excluding carboxylic acids is 1. The van der Waals surface area contributed by atoms with E-state index < -0.39 is 0 Å². The predicted molar refractivity (Wildman–Crippen MR) is 133 cm³/mol. The lowest BCUT2D eigenvalue weighted by molar-refractivity contribution is 0.112. The Bertz CT molecular complexity index is 1250. The van der Waals surface area contributed by atoms with Crippen LogP contribution in [0.4, 0.5) is 17.1 Å². The van der Waals surface area contributed by atoms with Gasteiger partial charge in [-0.25, -0.2) is 0 Å². The van der Waals surface area contributed by atoms with Crippen molar-refractivity contribution >= 4 is 23.3 Å². The lowest BCUT2D eigenvalue weighted by atomic mass is 10.0. The molecule has 0 aliphatic carbocycles. The SMILES string of the molecule is O=Cc1ccc(N(c2ccc(-c3ccncc3)cc2)c2ccc(-c3ccncc3)cc2)cc1. The summed E-state index contributed by atoms with van der Waals surface area (Å²) in [4.78, 5) is 21.5. The Kier molecular flexibility index (Phi) is 5.72. The van der Waals surface area contributed by atoms with Gasteiger partial charge >= 0.3 is 0 Å². The highest BCUT2D eigenvalue weighted by Crippen LogP contribution is 2.36. The van der Waals surface area contributed by atoms with Gasteiger partial charge in [-0.15, -0.1) is 0 Å². The number of aromatic nitrogens is 2. The summed E-state index contributed by atoms with van der Waals surface area (Å²) in [7, 11) is 0. The van der Waals surface area contributed by atoms with Gasteiger partial charge in [0.2, 0.25) is 0 Å². The number of benzene rings is 3. The second kappa shape index (κ2) is 9.28. The van der Waals surface area contributed by atoms with Crippen molar-refractivity contribution in [3.05, 3.63) is 127 Å². The van der Waals surface area contributed by atoms with Crippen molar-refractivity contribution in [3.8, 4) is 22.3 Å². The molecule has 0 bridgehead atoms. The molecule has 2 aromatic heterocycles. The Labute approximate surface area is 192 Å². The minimum absolute atomic E-state index is 0.653. The van der Waals surface area contributed by atoms with Crippen LogP contribution in [0.3, 0.4) is 0 Å². The fourth-order valence-electron chi connectivity index (χ4n) is 3.84. The van der Waals surface area contributed by atoms with Gasteiger partial charge in [0.25, 0.3) is 0 Å². The van der Waals surface area contributed by atoms with E-state index in [9.17, 15) is 4.79 Å². The van der Waals surface area contributed by atoms with Crippen molar-refractivity contribution in [1.29, 1.82) is 0 Å². The van der Waals surface area contributed by atoms with Crippen molar-refractivity contribution in [1.82, 2.24) is 9.97 Å².